The smallest absolute Gasteiger partial charge is 0.255 e. The van der Waals surface area contributed by atoms with Gasteiger partial charge in [0.05, 0.1) is 12.2 Å². The Hall–Kier alpha value is -2.87. The number of anilines is 1. The van der Waals surface area contributed by atoms with Crippen LogP contribution in [0.15, 0.2) is 36.4 Å². The Morgan fingerprint density at radius 3 is 2.95 bits per heavy atom. The fraction of sp³-hybridized carbons (Fsp3) is 0.125. The summed E-state index contributed by atoms with van der Waals surface area (Å²) in [6.45, 7) is 0.629. The van der Waals surface area contributed by atoms with Gasteiger partial charge in [-0.1, -0.05) is 0 Å². The molecule has 1 N–H and O–H groups in total. The van der Waals surface area contributed by atoms with Gasteiger partial charge in [0.25, 0.3) is 5.91 Å². The second-order valence-corrected chi connectivity index (χ2v) is 4.68. The van der Waals surface area contributed by atoms with Gasteiger partial charge in [0, 0.05) is 17.7 Å². The third-order valence-corrected chi connectivity index (χ3v) is 3.30. The molecule has 2 aromatic carbocycles. The number of nitrogens with zero attached hydrogens (tertiary/aromatic N) is 1. The minimum atomic E-state index is -0.606. The van der Waals surface area contributed by atoms with Crippen LogP contribution in [0.3, 0.4) is 0 Å². The van der Waals surface area contributed by atoms with Gasteiger partial charge in [-0.2, -0.15) is 5.26 Å². The number of amides is 1. The summed E-state index contributed by atoms with van der Waals surface area (Å²) in [4.78, 5) is 12.2. The van der Waals surface area contributed by atoms with Crippen LogP contribution in [0.4, 0.5) is 10.1 Å². The summed E-state index contributed by atoms with van der Waals surface area (Å²) in [7, 11) is 0. The fourth-order valence-corrected chi connectivity index (χ4v) is 2.22. The molecule has 21 heavy (non-hydrogen) atoms. The van der Waals surface area contributed by atoms with Crippen molar-refractivity contribution in [2.75, 3.05) is 11.9 Å². The zero-order valence-corrected chi connectivity index (χ0v) is 11.0. The van der Waals surface area contributed by atoms with Gasteiger partial charge in [-0.25, -0.2) is 4.39 Å². The summed E-state index contributed by atoms with van der Waals surface area (Å²) >= 11 is 0. The highest BCUT2D eigenvalue weighted by Crippen LogP contribution is 2.26. The summed E-state index contributed by atoms with van der Waals surface area (Å²) in [5, 5.41) is 11.4. The van der Waals surface area contributed by atoms with Gasteiger partial charge in [0.2, 0.25) is 0 Å². The molecule has 0 spiro atoms. The van der Waals surface area contributed by atoms with Crippen molar-refractivity contribution in [3.63, 3.8) is 0 Å². The van der Waals surface area contributed by atoms with Gasteiger partial charge < -0.3 is 10.1 Å². The highest BCUT2D eigenvalue weighted by Gasteiger charge is 2.15. The molecule has 0 radical (unpaired) electrons. The van der Waals surface area contributed by atoms with E-state index in [1.807, 2.05) is 0 Å². The summed E-state index contributed by atoms with van der Waals surface area (Å²) < 4.78 is 18.6. The summed E-state index contributed by atoms with van der Waals surface area (Å²) in [5.41, 5.74) is 1.78. The Morgan fingerprint density at radius 1 is 1.29 bits per heavy atom. The first-order chi connectivity index (χ1) is 10.2. The van der Waals surface area contributed by atoms with Crippen LogP contribution in [0.1, 0.15) is 21.5 Å². The molecule has 0 saturated carbocycles. The summed E-state index contributed by atoms with van der Waals surface area (Å²) in [5.74, 6) is -0.106. The second kappa shape index (κ2) is 5.25. The number of carbonyl (C=O) groups is 1. The standard InChI is InChI=1S/C16H11FN2O2/c17-14-3-2-13(8-12(14)9-18)19-16(20)11-1-4-15-10(7-11)5-6-21-15/h1-4,7-8H,5-6H2,(H,19,20). The highest BCUT2D eigenvalue weighted by molar-refractivity contribution is 6.04. The first-order valence-electron chi connectivity index (χ1n) is 6.44. The van der Waals surface area contributed by atoms with E-state index in [1.54, 1.807) is 24.3 Å². The lowest BCUT2D eigenvalue weighted by molar-refractivity contribution is 0.102. The number of hydrogen-bond acceptors (Lipinski definition) is 3. The van der Waals surface area contributed by atoms with E-state index in [1.165, 1.54) is 12.1 Å². The molecule has 3 rings (SSSR count). The van der Waals surface area contributed by atoms with Crippen molar-refractivity contribution in [2.24, 2.45) is 0 Å². The third kappa shape index (κ3) is 2.56. The van der Waals surface area contributed by atoms with Crippen LogP contribution in [0.25, 0.3) is 0 Å². The Labute approximate surface area is 120 Å². The molecule has 0 unspecified atom stereocenters. The summed E-state index contributed by atoms with van der Waals surface area (Å²) in [6.07, 6.45) is 0.783. The molecule has 2 aromatic rings. The molecule has 0 aromatic heterocycles. The van der Waals surface area contributed by atoms with Crippen LogP contribution in [-0.2, 0) is 6.42 Å². The average Bonchev–Trinajstić information content (AvgIpc) is 2.96. The number of nitrogens with one attached hydrogen (secondary N) is 1. The minimum Gasteiger partial charge on any atom is -0.493 e. The Balaban J connectivity index is 1.82. The maximum Gasteiger partial charge on any atom is 0.255 e. The zero-order chi connectivity index (χ0) is 14.8. The lowest BCUT2D eigenvalue weighted by Crippen LogP contribution is -2.12. The van der Waals surface area contributed by atoms with E-state index in [2.05, 4.69) is 5.32 Å². The monoisotopic (exact) mass is 282 g/mol. The number of rotatable bonds is 2. The van der Waals surface area contributed by atoms with Crippen molar-refractivity contribution in [3.05, 3.63) is 58.9 Å². The maximum absolute atomic E-state index is 13.2. The Bertz CT molecular complexity index is 765. The molecule has 0 saturated heterocycles. The van der Waals surface area contributed by atoms with Crippen molar-refractivity contribution < 1.29 is 13.9 Å². The lowest BCUT2D eigenvalue weighted by atomic mass is 10.1. The zero-order valence-electron chi connectivity index (χ0n) is 11.0. The first-order valence-corrected chi connectivity index (χ1v) is 6.44. The van der Waals surface area contributed by atoms with Crippen molar-refractivity contribution in [1.82, 2.24) is 0 Å². The van der Waals surface area contributed by atoms with E-state index in [4.69, 9.17) is 10.00 Å². The molecule has 4 nitrogen and oxygen atoms in total. The van der Waals surface area contributed by atoms with Crippen molar-refractivity contribution >= 4 is 11.6 Å². The molecular weight excluding hydrogens is 271 g/mol. The maximum atomic E-state index is 13.2. The van der Waals surface area contributed by atoms with Crippen molar-refractivity contribution in [3.8, 4) is 11.8 Å². The van der Waals surface area contributed by atoms with Crippen LogP contribution in [-0.4, -0.2) is 12.5 Å². The fourth-order valence-electron chi connectivity index (χ4n) is 2.22. The SMILES string of the molecule is N#Cc1cc(NC(=O)c2ccc3c(c2)CCO3)ccc1F. The van der Waals surface area contributed by atoms with E-state index in [9.17, 15) is 9.18 Å². The average molecular weight is 282 g/mol. The molecule has 5 heteroatoms. The van der Waals surface area contributed by atoms with Gasteiger partial charge >= 0.3 is 0 Å². The van der Waals surface area contributed by atoms with Gasteiger partial charge in [0.1, 0.15) is 17.6 Å². The van der Waals surface area contributed by atoms with Crippen molar-refractivity contribution in [2.45, 2.75) is 6.42 Å². The second-order valence-electron chi connectivity index (χ2n) is 4.68. The quantitative estimate of drug-likeness (QED) is 0.921. The molecule has 0 fully saturated rings. The molecule has 1 aliphatic rings. The van der Waals surface area contributed by atoms with E-state index >= 15 is 0 Å². The number of nitriles is 1. The van der Waals surface area contributed by atoms with E-state index in [0.717, 1.165) is 23.8 Å². The number of benzene rings is 2. The molecule has 0 atom stereocenters. The number of carbonyl (C=O) groups excluding carboxylic acids is 1. The molecule has 1 aliphatic heterocycles. The van der Waals surface area contributed by atoms with Gasteiger partial charge in [0.15, 0.2) is 0 Å². The molecule has 0 aliphatic carbocycles. The highest BCUT2D eigenvalue weighted by atomic mass is 19.1. The van der Waals surface area contributed by atoms with Crippen molar-refractivity contribution in [1.29, 1.82) is 5.26 Å². The Morgan fingerprint density at radius 2 is 2.14 bits per heavy atom. The van der Waals surface area contributed by atoms with E-state index in [-0.39, 0.29) is 11.5 Å². The topological polar surface area (TPSA) is 62.1 Å². The number of ether oxygens (including phenoxy) is 1. The molecular formula is C16H11FN2O2. The number of halogens is 1. The first kappa shape index (κ1) is 13.1. The van der Waals surface area contributed by atoms with E-state index < -0.39 is 5.82 Å². The largest absolute Gasteiger partial charge is 0.493 e. The van der Waals surface area contributed by atoms with Crippen LogP contribution in [0, 0.1) is 17.1 Å². The van der Waals surface area contributed by atoms with Gasteiger partial charge in [-0.15, -0.1) is 0 Å². The van der Waals surface area contributed by atoms with Gasteiger partial charge in [-0.05, 0) is 42.0 Å². The molecule has 1 amide bonds. The van der Waals surface area contributed by atoms with Crippen LogP contribution >= 0.6 is 0 Å². The van der Waals surface area contributed by atoms with Crippen LogP contribution < -0.4 is 10.1 Å². The van der Waals surface area contributed by atoms with Crippen LogP contribution in [0.5, 0.6) is 5.75 Å². The number of fused-ring (bicyclic) bond motifs is 1. The predicted molar refractivity (Wildman–Crippen MR) is 74.7 cm³/mol. The normalized spacial score (nSPS) is 12.2. The molecule has 104 valence electrons. The Kier molecular flexibility index (Phi) is 3.28. The number of hydrogen-bond donors (Lipinski definition) is 1. The lowest BCUT2D eigenvalue weighted by Gasteiger charge is -2.07. The van der Waals surface area contributed by atoms with Crippen LogP contribution in [0.2, 0.25) is 0 Å². The summed E-state index contributed by atoms with van der Waals surface area (Å²) in [6, 6.07) is 10.9. The van der Waals surface area contributed by atoms with Gasteiger partial charge in [-0.3, -0.25) is 4.79 Å². The van der Waals surface area contributed by atoms with E-state index in [0.29, 0.717) is 17.9 Å². The molecule has 0 bridgehead atoms. The molecule has 1 heterocycles. The third-order valence-electron chi connectivity index (χ3n) is 3.30. The predicted octanol–water partition coefficient (Wildman–Crippen LogP) is 2.88. The minimum absolute atomic E-state index is 0.102.